The molecule has 90 valence electrons. The fourth-order valence-electron chi connectivity index (χ4n) is 1.35. The lowest BCUT2D eigenvalue weighted by molar-refractivity contribution is 0.234. The highest BCUT2D eigenvalue weighted by Crippen LogP contribution is 2.21. The van der Waals surface area contributed by atoms with E-state index < -0.39 is 0 Å². The average molecular weight is 242 g/mol. The van der Waals surface area contributed by atoms with Gasteiger partial charge < -0.3 is 15.7 Å². The minimum Gasteiger partial charge on any atom is -0.396 e. The van der Waals surface area contributed by atoms with Crippen LogP contribution in [0.25, 0.3) is 0 Å². The molecule has 2 amide bonds. The van der Waals surface area contributed by atoms with E-state index in [1.807, 2.05) is 24.4 Å². The predicted molar refractivity (Wildman–Crippen MR) is 65.6 cm³/mol. The molecule has 16 heavy (non-hydrogen) atoms. The molecule has 0 saturated heterocycles. The Labute approximate surface area is 99.7 Å². The molecule has 0 spiro atoms. The van der Waals surface area contributed by atoms with E-state index >= 15 is 0 Å². The molecular weight excluding hydrogens is 224 g/mol. The second kappa shape index (κ2) is 7.24. The van der Waals surface area contributed by atoms with Crippen molar-refractivity contribution in [2.75, 3.05) is 13.2 Å². The standard InChI is InChI=1S/C11H18N2O2S/c1-2-9(10-5-3-8-16-10)13-11(15)12-6-4-7-14/h3,5,8-9,14H,2,4,6-7H2,1H3,(H2,12,13,15). The van der Waals surface area contributed by atoms with Crippen molar-refractivity contribution in [3.05, 3.63) is 22.4 Å². The van der Waals surface area contributed by atoms with Gasteiger partial charge in [-0.2, -0.15) is 0 Å². The zero-order valence-corrected chi connectivity index (χ0v) is 10.2. The molecule has 0 radical (unpaired) electrons. The minimum absolute atomic E-state index is 0.0779. The van der Waals surface area contributed by atoms with Crippen LogP contribution in [-0.2, 0) is 0 Å². The summed E-state index contributed by atoms with van der Waals surface area (Å²) < 4.78 is 0. The summed E-state index contributed by atoms with van der Waals surface area (Å²) in [7, 11) is 0. The van der Waals surface area contributed by atoms with E-state index in [0.717, 1.165) is 6.42 Å². The molecule has 0 saturated carbocycles. The van der Waals surface area contributed by atoms with Gasteiger partial charge >= 0.3 is 6.03 Å². The highest BCUT2D eigenvalue weighted by atomic mass is 32.1. The largest absolute Gasteiger partial charge is 0.396 e. The van der Waals surface area contributed by atoms with Crippen molar-refractivity contribution in [3.8, 4) is 0 Å². The smallest absolute Gasteiger partial charge is 0.315 e. The van der Waals surface area contributed by atoms with Crippen LogP contribution in [0.4, 0.5) is 4.79 Å². The van der Waals surface area contributed by atoms with Gasteiger partial charge in [-0.15, -0.1) is 11.3 Å². The van der Waals surface area contributed by atoms with Crippen molar-refractivity contribution < 1.29 is 9.90 Å². The van der Waals surface area contributed by atoms with Gasteiger partial charge in [0.15, 0.2) is 0 Å². The van der Waals surface area contributed by atoms with Gasteiger partial charge in [-0.05, 0) is 24.3 Å². The Morgan fingerprint density at radius 1 is 1.62 bits per heavy atom. The molecule has 0 aliphatic heterocycles. The summed E-state index contributed by atoms with van der Waals surface area (Å²) in [5.41, 5.74) is 0. The number of hydrogen-bond donors (Lipinski definition) is 3. The lowest BCUT2D eigenvalue weighted by atomic mass is 10.2. The Hall–Kier alpha value is -1.07. The maximum Gasteiger partial charge on any atom is 0.315 e. The van der Waals surface area contributed by atoms with E-state index in [0.29, 0.717) is 13.0 Å². The van der Waals surface area contributed by atoms with Crippen LogP contribution in [0, 0.1) is 0 Å². The molecule has 1 heterocycles. The van der Waals surface area contributed by atoms with Crippen LogP contribution in [-0.4, -0.2) is 24.3 Å². The van der Waals surface area contributed by atoms with E-state index in [2.05, 4.69) is 10.6 Å². The van der Waals surface area contributed by atoms with Crippen LogP contribution in [0.2, 0.25) is 0 Å². The fourth-order valence-corrected chi connectivity index (χ4v) is 2.22. The first-order chi connectivity index (χ1) is 7.77. The molecular formula is C11H18N2O2S. The maximum absolute atomic E-state index is 11.5. The van der Waals surface area contributed by atoms with Gasteiger partial charge in [-0.3, -0.25) is 0 Å². The van der Waals surface area contributed by atoms with Crippen LogP contribution in [0.3, 0.4) is 0 Å². The number of urea groups is 1. The Kier molecular flexibility index (Phi) is 5.88. The molecule has 1 rings (SSSR count). The molecule has 3 N–H and O–H groups in total. The highest BCUT2D eigenvalue weighted by molar-refractivity contribution is 7.10. The quantitative estimate of drug-likeness (QED) is 0.667. The molecule has 0 aliphatic rings. The average Bonchev–Trinajstić information content (AvgIpc) is 2.79. The van der Waals surface area contributed by atoms with Gasteiger partial charge in [0, 0.05) is 18.0 Å². The number of thiophene rings is 1. The fraction of sp³-hybridized carbons (Fsp3) is 0.545. The lowest BCUT2D eigenvalue weighted by Gasteiger charge is -2.15. The van der Waals surface area contributed by atoms with Crippen LogP contribution in [0.1, 0.15) is 30.7 Å². The zero-order valence-electron chi connectivity index (χ0n) is 9.40. The molecule has 1 aromatic heterocycles. The number of aliphatic hydroxyl groups excluding tert-OH is 1. The van der Waals surface area contributed by atoms with Gasteiger partial charge in [-0.1, -0.05) is 13.0 Å². The second-order valence-electron chi connectivity index (χ2n) is 3.45. The first-order valence-electron chi connectivity index (χ1n) is 5.46. The number of nitrogens with one attached hydrogen (secondary N) is 2. The normalized spacial score (nSPS) is 12.1. The third-order valence-electron chi connectivity index (χ3n) is 2.22. The van der Waals surface area contributed by atoms with Crippen molar-refractivity contribution in [2.45, 2.75) is 25.8 Å². The monoisotopic (exact) mass is 242 g/mol. The molecule has 0 fully saturated rings. The zero-order chi connectivity index (χ0) is 11.8. The van der Waals surface area contributed by atoms with E-state index in [-0.39, 0.29) is 18.7 Å². The number of carbonyl (C=O) groups is 1. The van der Waals surface area contributed by atoms with E-state index in [1.165, 1.54) is 4.88 Å². The molecule has 0 aromatic carbocycles. The van der Waals surface area contributed by atoms with Gasteiger partial charge in [0.1, 0.15) is 0 Å². The Morgan fingerprint density at radius 2 is 2.44 bits per heavy atom. The summed E-state index contributed by atoms with van der Waals surface area (Å²) in [6.07, 6.45) is 1.46. The summed E-state index contributed by atoms with van der Waals surface area (Å²) in [5, 5.41) is 16.2. The number of rotatable bonds is 6. The number of aliphatic hydroxyl groups is 1. The van der Waals surface area contributed by atoms with Crippen molar-refractivity contribution in [2.24, 2.45) is 0 Å². The van der Waals surface area contributed by atoms with Crippen LogP contribution < -0.4 is 10.6 Å². The summed E-state index contributed by atoms with van der Waals surface area (Å²) >= 11 is 1.64. The Balaban J connectivity index is 2.36. The first-order valence-corrected chi connectivity index (χ1v) is 6.34. The summed E-state index contributed by atoms with van der Waals surface area (Å²) in [5.74, 6) is 0. The van der Waals surface area contributed by atoms with Crippen LogP contribution in [0.15, 0.2) is 17.5 Å². The molecule has 4 nitrogen and oxygen atoms in total. The van der Waals surface area contributed by atoms with Gasteiger partial charge in [0.2, 0.25) is 0 Å². The first kappa shape index (κ1) is 13.0. The summed E-state index contributed by atoms with van der Waals surface area (Å²) in [4.78, 5) is 12.6. The molecule has 0 aliphatic carbocycles. The van der Waals surface area contributed by atoms with Crippen LogP contribution >= 0.6 is 11.3 Å². The van der Waals surface area contributed by atoms with E-state index in [9.17, 15) is 4.79 Å². The molecule has 0 bridgehead atoms. The lowest BCUT2D eigenvalue weighted by Crippen LogP contribution is -2.38. The van der Waals surface area contributed by atoms with Crippen molar-refractivity contribution >= 4 is 17.4 Å². The van der Waals surface area contributed by atoms with Crippen molar-refractivity contribution in [1.29, 1.82) is 0 Å². The van der Waals surface area contributed by atoms with Crippen molar-refractivity contribution in [1.82, 2.24) is 10.6 Å². The second-order valence-corrected chi connectivity index (χ2v) is 4.43. The topological polar surface area (TPSA) is 61.4 Å². The summed E-state index contributed by atoms with van der Waals surface area (Å²) in [6, 6.07) is 3.91. The molecule has 1 aromatic rings. The van der Waals surface area contributed by atoms with E-state index in [4.69, 9.17) is 5.11 Å². The summed E-state index contributed by atoms with van der Waals surface area (Å²) in [6.45, 7) is 2.64. The Morgan fingerprint density at radius 3 is 3.00 bits per heavy atom. The molecule has 5 heteroatoms. The maximum atomic E-state index is 11.5. The van der Waals surface area contributed by atoms with E-state index in [1.54, 1.807) is 11.3 Å². The minimum atomic E-state index is -0.172. The number of carbonyl (C=O) groups excluding carboxylic acids is 1. The van der Waals surface area contributed by atoms with Crippen LogP contribution in [0.5, 0.6) is 0 Å². The molecule has 1 atom stereocenters. The van der Waals surface area contributed by atoms with Gasteiger partial charge in [0.25, 0.3) is 0 Å². The highest BCUT2D eigenvalue weighted by Gasteiger charge is 2.12. The van der Waals surface area contributed by atoms with Gasteiger partial charge in [-0.25, -0.2) is 4.79 Å². The predicted octanol–water partition coefficient (Wildman–Crippen LogP) is 1.88. The third-order valence-corrected chi connectivity index (χ3v) is 3.21. The number of hydrogen-bond acceptors (Lipinski definition) is 3. The third kappa shape index (κ3) is 4.20. The van der Waals surface area contributed by atoms with Crippen molar-refractivity contribution in [3.63, 3.8) is 0 Å². The Bertz CT molecular complexity index is 301. The number of amides is 2. The molecule has 1 unspecified atom stereocenters. The SMILES string of the molecule is CCC(NC(=O)NCCCO)c1cccs1. The van der Waals surface area contributed by atoms with Gasteiger partial charge in [0.05, 0.1) is 6.04 Å².